The number of allylic oxidation sites excluding steroid dienone is 4. The molecule has 0 bridgehead atoms. The summed E-state index contributed by atoms with van der Waals surface area (Å²) in [5.74, 6) is 1.30. The van der Waals surface area contributed by atoms with E-state index in [0.717, 1.165) is 11.1 Å². The lowest BCUT2D eigenvalue weighted by Gasteiger charge is -2.14. The molecule has 0 atom stereocenters. The summed E-state index contributed by atoms with van der Waals surface area (Å²) in [5.41, 5.74) is 4.52. The number of benzene rings is 4. The molecule has 0 aliphatic heterocycles. The van der Waals surface area contributed by atoms with Gasteiger partial charge in [-0.3, -0.25) is 0 Å². The third-order valence-electron chi connectivity index (χ3n) is 5.69. The highest BCUT2D eigenvalue weighted by Gasteiger charge is 2.11. The van der Waals surface area contributed by atoms with E-state index >= 15 is 0 Å². The molecule has 0 spiro atoms. The zero-order valence-corrected chi connectivity index (χ0v) is 21.3. The Kier molecular flexibility index (Phi) is 9.78. The van der Waals surface area contributed by atoms with Gasteiger partial charge in [-0.2, -0.15) is 0 Å². The Morgan fingerprint density at radius 1 is 0.500 bits per heavy atom. The van der Waals surface area contributed by atoms with Crippen LogP contribution in [0.25, 0.3) is 0 Å². The van der Waals surface area contributed by atoms with Gasteiger partial charge < -0.3 is 9.05 Å². The van der Waals surface area contributed by atoms with E-state index in [1.807, 2.05) is 109 Å². The lowest BCUT2D eigenvalue weighted by atomic mass is 10.1. The molecule has 0 saturated carbocycles. The van der Waals surface area contributed by atoms with Crippen LogP contribution >= 0.6 is 8.25 Å². The van der Waals surface area contributed by atoms with E-state index in [-0.39, 0.29) is 0 Å². The molecule has 0 heterocycles. The third-order valence-corrected chi connectivity index (χ3v) is 6.55. The Labute approximate surface area is 214 Å². The summed E-state index contributed by atoms with van der Waals surface area (Å²) in [5, 5.41) is 0. The summed E-state index contributed by atoms with van der Waals surface area (Å²) < 4.78 is 25.0. The van der Waals surface area contributed by atoms with Gasteiger partial charge in [-0.05, 0) is 47.2 Å². The van der Waals surface area contributed by atoms with Gasteiger partial charge in [0, 0.05) is 12.8 Å². The van der Waals surface area contributed by atoms with Gasteiger partial charge in [0.05, 0.1) is 0 Å². The molecule has 0 fully saturated rings. The van der Waals surface area contributed by atoms with Crippen LogP contribution < -0.4 is 0 Å². The van der Waals surface area contributed by atoms with Crippen molar-refractivity contribution in [2.24, 2.45) is 0 Å². The minimum atomic E-state index is -2.82. The Morgan fingerprint density at radius 2 is 0.806 bits per heavy atom. The first kappa shape index (κ1) is 25.3. The third kappa shape index (κ3) is 8.76. The van der Waals surface area contributed by atoms with Gasteiger partial charge in [0.15, 0.2) is 0 Å². The molecule has 3 nitrogen and oxygen atoms in total. The zero-order valence-electron chi connectivity index (χ0n) is 20.3. The molecular weight excluding hydrogens is 463 g/mol. The molecule has 182 valence electrons. The maximum atomic E-state index is 13.1. The lowest BCUT2D eigenvalue weighted by Crippen LogP contribution is -1.98. The summed E-state index contributed by atoms with van der Waals surface area (Å²) in [6.07, 6.45) is 6.49. The molecule has 0 saturated heterocycles. The fraction of sp³-hybridized carbons (Fsp3) is 0.125. The van der Waals surface area contributed by atoms with E-state index in [9.17, 15) is 4.57 Å². The van der Waals surface area contributed by atoms with Gasteiger partial charge in [-0.25, -0.2) is 4.57 Å². The van der Waals surface area contributed by atoms with Crippen molar-refractivity contribution in [1.82, 2.24) is 0 Å². The van der Waals surface area contributed by atoms with Gasteiger partial charge in [0.25, 0.3) is 0 Å². The average molecular weight is 495 g/mol. The Morgan fingerprint density at radius 3 is 1.14 bits per heavy atom. The van der Waals surface area contributed by atoms with Crippen molar-refractivity contribution in [2.75, 3.05) is 0 Å². The number of hydrogen-bond donors (Lipinski definition) is 0. The molecule has 0 aliphatic rings. The molecule has 0 N–H and O–H groups in total. The van der Waals surface area contributed by atoms with Crippen LogP contribution in [0.2, 0.25) is 0 Å². The Hall–Kier alpha value is -3.81. The van der Waals surface area contributed by atoms with Gasteiger partial charge in [-0.15, -0.1) is 0 Å². The minimum Gasteiger partial charge on any atom is -0.422 e. The van der Waals surface area contributed by atoms with Crippen LogP contribution in [0.15, 0.2) is 145 Å². The van der Waals surface area contributed by atoms with Crippen LogP contribution in [0.4, 0.5) is 0 Å². The normalized spacial score (nSPS) is 11.9. The van der Waals surface area contributed by atoms with Crippen LogP contribution in [0.3, 0.4) is 0 Å². The van der Waals surface area contributed by atoms with Crippen molar-refractivity contribution < 1.29 is 13.6 Å². The standard InChI is InChI=1S/C32H31O3P/c33-36(34-31(25-29-17-9-3-10-18-29)23-21-27-13-5-1-6-14-27)35-32(26-30-19-11-4-12-20-30)24-22-28-15-7-2-8-16-28/h1-20,23-24,36H,21-22,25-26H2/b31-23-,32-24-. The van der Waals surface area contributed by atoms with E-state index in [1.165, 1.54) is 11.1 Å². The van der Waals surface area contributed by atoms with Crippen molar-refractivity contribution in [3.05, 3.63) is 167 Å². The zero-order chi connectivity index (χ0) is 24.8. The fourth-order valence-electron chi connectivity index (χ4n) is 3.82. The van der Waals surface area contributed by atoms with Crippen molar-refractivity contribution in [2.45, 2.75) is 25.7 Å². The predicted octanol–water partition coefficient (Wildman–Crippen LogP) is 8.15. The topological polar surface area (TPSA) is 35.5 Å². The van der Waals surface area contributed by atoms with Crippen LogP contribution in [0.5, 0.6) is 0 Å². The SMILES string of the molecule is O=[PH](O/C(=C\Cc1ccccc1)Cc1ccccc1)O/C(=C\Cc1ccccc1)Cc1ccccc1. The predicted molar refractivity (Wildman–Crippen MR) is 148 cm³/mol. The quantitative estimate of drug-likeness (QED) is 0.147. The molecule has 0 radical (unpaired) electrons. The molecule has 4 aromatic carbocycles. The largest absolute Gasteiger partial charge is 0.422 e. The van der Waals surface area contributed by atoms with Crippen molar-refractivity contribution in [3.8, 4) is 0 Å². The van der Waals surface area contributed by atoms with E-state index in [4.69, 9.17) is 9.05 Å². The minimum absolute atomic E-state index is 0.551. The molecular formula is C32H31O3P. The molecule has 0 unspecified atom stereocenters. The highest BCUT2D eigenvalue weighted by Crippen LogP contribution is 2.34. The summed E-state index contributed by atoms with van der Waals surface area (Å²) in [4.78, 5) is 0. The summed E-state index contributed by atoms with van der Waals surface area (Å²) in [6, 6.07) is 40.4. The number of hydrogen-bond acceptors (Lipinski definition) is 3. The second-order valence-electron chi connectivity index (χ2n) is 8.50. The van der Waals surface area contributed by atoms with Crippen molar-refractivity contribution >= 4 is 8.25 Å². The lowest BCUT2D eigenvalue weighted by molar-refractivity contribution is 0.305. The monoisotopic (exact) mass is 494 g/mol. The molecule has 0 amide bonds. The maximum absolute atomic E-state index is 13.1. The number of rotatable bonds is 12. The molecule has 0 aromatic heterocycles. The van der Waals surface area contributed by atoms with Crippen LogP contribution in [0, 0.1) is 0 Å². The second kappa shape index (κ2) is 13.9. The highest BCUT2D eigenvalue weighted by molar-refractivity contribution is 7.33. The molecule has 0 aliphatic carbocycles. The van der Waals surface area contributed by atoms with Crippen LogP contribution in [-0.2, 0) is 39.3 Å². The first-order chi connectivity index (χ1) is 17.7. The van der Waals surface area contributed by atoms with E-state index < -0.39 is 8.25 Å². The average Bonchev–Trinajstić information content (AvgIpc) is 2.93. The molecule has 4 aromatic rings. The smallest absolute Gasteiger partial charge is 0.418 e. The molecule has 4 rings (SSSR count). The van der Waals surface area contributed by atoms with Gasteiger partial charge in [0.1, 0.15) is 11.5 Å². The summed E-state index contributed by atoms with van der Waals surface area (Å²) in [6.45, 7) is 0. The van der Waals surface area contributed by atoms with Crippen LogP contribution in [-0.4, -0.2) is 0 Å². The van der Waals surface area contributed by atoms with Crippen molar-refractivity contribution in [1.29, 1.82) is 0 Å². The second-order valence-corrected chi connectivity index (χ2v) is 9.41. The van der Waals surface area contributed by atoms with Gasteiger partial charge in [-0.1, -0.05) is 121 Å². The van der Waals surface area contributed by atoms with E-state index in [0.29, 0.717) is 37.2 Å². The Balaban J connectivity index is 1.48. The molecule has 4 heteroatoms. The summed E-state index contributed by atoms with van der Waals surface area (Å²) >= 11 is 0. The van der Waals surface area contributed by atoms with Crippen molar-refractivity contribution in [3.63, 3.8) is 0 Å². The maximum Gasteiger partial charge on any atom is 0.418 e. The Bertz CT molecular complexity index is 1170. The first-order valence-electron chi connectivity index (χ1n) is 12.2. The fourth-order valence-corrected chi connectivity index (χ4v) is 4.60. The van der Waals surface area contributed by atoms with Gasteiger partial charge >= 0.3 is 8.25 Å². The van der Waals surface area contributed by atoms with Gasteiger partial charge in [0.2, 0.25) is 0 Å². The molecule has 36 heavy (non-hydrogen) atoms. The van der Waals surface area contributed by atoms with Crippen LogP contribution in [0.1, 0.15) is 22.3 Å². The van der Waals surface area contributed by atoms with E-state index in [1.54, 1.807) is 0 Å². The first-order valence-corrected chi connectivity index (χ1v) is 13.4. The van der Waals surface area contributed by atoms with E-state index in [2.05, 4.69) is 24.3 Å². The highest BCUT2D eigenvalue weighted by atomic mass is 31.1. The summed E-state index contributed by atoms with van der Waals surface area (Å²) in [7, 11) is -2.82.